The van der Waals surface area contributed by atoms with E-state index >= 15 is 0 Å². The zero-order chi connectivity index (χ0) is 18.7. The fourth-order valence-corrected chi connectivity index (χ4v) is 3.16. The third kappa shape index (κ3) is 3.87. The Morgan fingerprint density at radius 2 is 1.65 bits per heavy atom. The van der Waals surface area contributed by atoms with Gasteiger partial charge in [-0.1, -0.05) is 36.4 Å². The summed E-state index contributed by atoms with van der Waals surface area (Å²) in [7, 11) is 1.61. The lowest BCUT2D eigenvalue weighted by atomic mass is 10.1. The van der Waals surface area contributed by atoms with Gasteiger partial charge in [-0.15, -0.1) is 0 Å². The van der Waals surface area contributed by atoms with E-state index in [1.807, 2.05) is 56.3 Å². The summed E-state index contributed by atoms with van der Waals surface area (Å²) in [6.07, 6.45) is 0.592. The molecule has 1 saturated carbocycles. The number of rotatable bonds is 6. The molecule has 2 N–H and O–H groups in total. The van der Waals surface area contributed by atoms with E-state index in [0.29, 0.717) is 13.0 Å². The second-order valence-corrected chi connectivity index (χ2v) is 6.73. The maximum absolute atomic E-state index is 12.5. The molecule has 5 heteroatoms. The minimum Gasteiger partial charge on any atom is -0.496 e. The molecule has 1 fully saturated rings. The van der Waals surface area contributed by atoms with Crippen LogP contribution >= 0.6 is 0 Å². The smallest absolute Gasteiger partial charge is 0.228 e. The number of amides is 2. The molecule has 2 unspecified atom stereocenters. The van der Waals surface area contributed by atoms with Crippen LogP contribution < -0.4 is 15.4 Å². The fourth-order valence-electron chi connectivity index (χ4n) is 3.16. The number of benzene rings is 2. The maximum atomic E-state index is 12.5. The maximum Gasteiger partial charge on any atom is 0.228 e. The van der Waals surface area contributed by atoms with Gasteiger partial charge in [0.1, 0.15) is 5.75 Å². The van der Waals surface area contributed by atoms with E-state index in [4.69, 9.17) is 4.74 Å². The van der Waals surface area contributed by atoms with Crippen molar-refractivity contribution in [1.82, 2.24) is 5.32 Å². The zero-order valence-corrected chi connectivity index (χ0v) is 15.3. The number of ether oxygens (including phenoxy) is 1. The number of para-hydroxylation sites is 2. The SMILES string of the molecule is COc1ccccc1CNC(=O)C1CC1C(=O)Nc1c(C)cccc1C. The summed E-state index contributed by atoms with van der Waals surface area (Å²) in [4.78, 5) is 24.8. The number of anilines is 1. The highest BCUT2D eigenvalue weighted by atomic mass is 16.5. The normalized spacial score (nSPS) is 18.1. The molecule has 2 aromatic carbocycles. The number of aryl methyl sites for hydroxylation is 2. The van der Waals surface area contributed by atoms with Gasteiger partial charge < -0.3 is 15.4 Å². The molecule has 2 amide bonds. The average molecular weight is 352 g/mol. The zero-order valence-electron chi connectivity index (χ0n) is 15.3. The van der Waals surface area contributed by atoms with E-state index in [0.717, 1.165) is 28.1 Å². The number of carbonyl (C=O) groups excluding carboxylic acids is 2. The number of hydrogen-bond acceptors (Lipinski definition) is 3. The summed E-state index contributed by atoms with van der Waals surface area (Å²) >= 11 is 0. The largest absolute Gasteiger partial charge is 0.496 e. The average Bonchev–Trinajstić information content (AvgIpc) is 3.44. The Morgan fingerprint density at radius 3 is 2.35 bits per heavy atom. The first kappa shape index (κ1) is 18.0. The van der Waals surface area contributed by atoms with Crippen molar-refractivity contribution in [3.05, 3.63) is 59.2 Å². The molecule has 5 nitrogen and oxygen atoms in total. The van der Waals surface area contributed by atoms with Crippen LogP contribution in [0.3, 0.4) is 0 Å². The van der Waals surface area contributed by atoms with Gasteiger partial charge in [0.25, 0.3) is 0 Å². The van der Waals surface area contributed by atoms with Gasteiger partial charge >= 0.3 is 0 Å². The van der Waals surface area contributed by atoms with Crippen LogP contribution in [-0.2, 0) is 16.1 Å². The van der Waals surface area contributed by atoms with E-state index < -0.39 is 0 Å². The Labute approximate surface area is 153 Å². The van der Waals surface area contributed by atoms with Gasteiger partial charge in [-0.3, -0.25) is 9.59 Å². The summed E-state index contributed by atoms with van der Waals surface area (Å²) in [5.41, 5.74) is 3.81. The molecular weight excluding hydrogens is 328 g/mol. The van der Waals surface area contributed by atoms with Crippen LogP contribution in [0.4, 0.5) is 5.69 Å². The molecule has 2 aromatic rings. The Morgan fingerprint density at radius 1 is 1.00 bits per heavy atom. The Bertz CT molecular complexity index is 812. The number of nitrogens with one attached hydrogen (secondary N) is 2. The molecular formula is C21H24N2O3. The molecule has 2 atom stereocenters. The van der Waals surface area contributed by atoms with Crippen LogP contribution in [0, 0.1) is 25.7 Å². The Balaban J connectivity index is 1.54. The minimum atomic E-state index is -0.258. The van der Waals surface area contributed by atoms with Crippen LogP contribution in [0.2, 0.25) is 0 Å². The fraction of sp³-hybridized carbons (Fsp3) is 0.333. The standard InChI is InChI=1S/C21H24N2O3/c1-13-7-6-8-14(2)19(13)23-21(25)17-11-16(17)20(24)22-12-15-9-4-5-10-18(15)26-3/h4-10,16-17H,11-12H2,1-3H3,(H,22,24)(H,23,25). The molecule has 1 aliphatic carbocycles. The lowest BCUT2D eigenvalue weighted by molar-refractivity contribution is -0.125. The summed E-state index contributed by atoms with van der Waals surface area (Å²) in [6, 6.07) is 13.5. The first-order valence-electron chi connectivity index (χ1n) is 8.78. The van der Waals surface area contributed by atoms with Gasteiger partial charge in [-0.05, 0) is 37.5 Å². The highest BCUT2D eigenvalue weighted by molar-refractivity contribution is 6.00. The highest BCUT2D eigenvalue weighted by Crippen LogP contribution is 2.40. The van der Waals surface area contributed by atoms with Crippen molar-refractivity contribution in [3.8, 4) is 5.75 Å². The van der Waals surface area contributed by atoms with Crippen molar-refractivity contribution >= 4 is 17.5 Å². The van der Waals surface area contributed by atoms with Crippen LogP contribution in [0.1, 0.15) is 23.1 Å². The van der Waals surface area contributed by atoms with Crippen LogP contribution in [-0.4, -0.2) is 18.9 Å². The Hall–Kier alpha value is -2.82. The van der Waals surface area contributed by atoms with E-state index in [9.17, 15) is 9.59 Å². The summed E-state index contributed by atoms with van der Waals surface area (Å²) in [5.74, 6) is 0.0611. The molecule has 0 bridgehead atoms. The summed E-state index contributed by atoms with van der Waals surface area (Å²) in [6.45, 7) is 4.32. The van der Waals surface area contributed by atoms with E-state index in [-0.39, 0.29) is 23.7 Å². The molecule has 0 aliphatic heterocycles. The van der Waals surface area contributed by atoms with Gasteiger partial charge in [0.2, 0.25) is 11.8 Å². The molecule has 0 aromatic heterocycles. The van der Waals surface area contributed by atoms with Gasteiger partial charge in [0, 0.05) is 17.8 Å². The molecule has 1 aliphatic rings. The Kier molecular flexibility index (Phi) is 5.26. The monoisotopic (exact) mass is 352 g/mol. The van der Waals surface area contributed by atoms with E-state index in [1.165, 1.54) is 0 Å². The number of methoxy groups -OCH3 is 1. The molecule has 0 heterocycles. The van der Waals surface area contributed by atoms with Gasteiger partial charge in [-0.2, -0.15) is 0 Å². The highest BCUT2D eigenvalue weighted by Gasteiger charge is 2.48. The first-order chi connectivity index (χ1) is 12.5. The lowest BCUT2D eigenvalue weighted by Crippen LogP contribution is -2.27. The molecule has 136 valence electrons. The second-order valence-electron chi connectivity index (χ2n) is 6.73. The number of hydrogen-bond donors (Lipinski definition) is 2. The van der Waals surface area contributed by atoms with Crippen molar-refractivity contribution in [3.63, 3.8) is 0 Å². The lowest BCUT2D eigenvalue weighted by Gasteiger charge is -2.12. The minimum absolute atomic E-state index is 0.0835. The number of carbonyl (C=O) groups is 2. The topological polar surface area (TPSA) is 67.4 Å². The molecule has 3 rings (SSSR count). The molecule has 0 spiro atoms. The van der Waals surface area contributed by atoms with Crippen molar-refractivity contribution in [2.45, 2.75) is 26.8 Å². The molecule has 0 radical (unpaired) electrons. The third-order valence-corrected chi connectivity index (χ3v) is 4.84. The van der Waals surface area contributed by atoms with Crippen molar-refractivity contribution in [2.24, 2.45) is 11.8 Å². The molecule has 0 saturated heterocycles. The van der Waals surface area contributed by atoms with E-state index in [2.05, 4.69) is 10.6 Å². The van der Waals surface area contributed by atoms with Crippen LogP contribution in [0.15, 0.2) is 42.5 Å². The predicted octanol–water partition coefficient (Wildman–Crippen LogP) is 3.20. The van der Waals surface area contributed by atoms with Gasteiger partial charge in [-0.25, -0.2) is 0 Å². The predicted molar refractivity (Wildman–Crippen MR) is 101 cm³/mol. The van der Waals surface area contributed by atoms with Gasteiger partial charge in [0.05, 0.1) is 18.9 Å². The van der Waals surface area contributed by atoms with Crippen molar-refractivity contribution < 1.29 is 14.3 Å². The van der Waals surface area contributed by atoms with E-state index in [1.54, 1.807) is 7.11 Å². The quantitative estimate of drug-likeness (QED) is 0.839. The van der Waals surface area contributed by atoms with Crippen molar-refractivity contribution in [1.29, 1.82) is 0 Å². The second kappa shape index (κ2) is 7.60. The van der Waals surface area contributed by atoms with Crippen LogP contribution in [0.25, 0.3) is 0 Å². The summed E-state index contributed by atoms with van der Waals surface area (Å²) < 4.78 is 5.29. The van der Waals surface area contributed by atoms with Crippen molar-refractivity contribution in [2.75, 3.05) is 12.4 Å². The van der Waals surface area contributed by atoms with Crippen LogP contribution in [0.5, 0.6) is 5.75 Å². The molecule has 26 heavy (non-hydrogen) atoms. The van der Waals surface area contributed by atoms with Gasteiger partial charge in [0.15, 0.2) is 0 Å². The first-order valence-corrected chi connectivity index (χ1v) is 8.78. The third-order valence-electron chi connectivity index (χ3n) is 4.84. The summed E-state index contributed by atoms with van der Waals surface area (Å²) in [5, 5.41) is 5.89.